The van der Waals surface area contributed by atoms with E-state index in [0.717, 1.165) is 30.0 Å². The molecule has 0 aliphatic carbocycles. The van der Waals surface area contributed by atoms with Gasteiger partial charge < -0.3 is 15.4 Å². The Morgan fingerprint density at radius 3 is 2.94 bits per heavy atom. The van der Waals surface area contributed by atoms with Gasteiger partial charge in [-0.25, -0.2) is 0 Å². The van der Waals surface area contributed by atoms with Crippen molar-refractivity contribution in [1.82, 2.24) is 0 Å². The standard InChI is InChI=1S/C14H20N2O2/c1-3-6-10-9-15-11-7-5-8-12(18-4-2)13(11)16-14(10)17/h5,7-8,10,15H,3-4,6,9H2,1-2H3,(H,16,17). The molecule has 0 fully saturated rings. The second-order valence-corrected chi connectivity index (χ2v) is 4.47. The number of hydrogen-bond donors (Lipinski definition) is 2. The van der Waals surface area contributed by atoms with Crippen molar-refractivity contribution in [1.29, 1.82) is 0 Å². The zero-order chi connectivity index (χ0) is 13.0. The quantitative estimate of drug-likeness (QED) is 0.861. The summed E-state index contributed by atoms with van der Waals surface area (Å²) in [5.74, 6) is 0.833. The summed E-state index contributed by atoms with van der Waals surface area (Å²) in [7, 11) is 0. The molecule has 1 aromatic rings. The van der Waals surface area contributed by atoms with Crippen LogP contribution in [0, 0.1) is 5.92 Å². The molecule has 4 heteroatoms. The number of para-hydroxylation sites is 1. The molecule has 2 N–H and O–H groups in total. The Bertz CT molecular complexity index is 432. The van der Waals surface area contributed by atoms with Gasteiger partial charge in [-0.15, -0.1) is 0 Å². The van der Waals surface area contributed by atoms with Gasteiger partial charge in [-0.05, 0) is 25.5 Å². The van der Waals surface area contributed by atoms with Crippen molar-refractivity contribution in [2.45, 2.75) is 26.7 Å². The molecule has 0 aromatic heterocycles. The monoisotopic (exact) mass is 248 g/mol. The van der Waals surface area contributed by atoms with Gasteiger partial charge in [-0.3, -0.25) is 4.79 Å². The van der Waals surface area contributed by atoms with E-state index >= 15 is 0 Å². The molecule has 1 unspecified atom stereocenters. The highest BCUT2D eigenvalue weighted by molar-refractivity contribution is 5.99. The smallest absolute Gasteiger partial charge is 0.229 e. The fourth-order valence-corrected chi connectivity index (χ4v) is 2.22. The van der Waals surface area contributed by atoms with Crippen LogP contribution in [0.15, 0.2) is 18.2 Å². The van der Waals surface area contributed by atoms with E-state index in [1.54, 1.807) is 0 Å². The lowest BCUT2D eigenvalue weighted by Crippen LogP contribution is -2.25. The maximum Gasteiger partial charge on any atom is 0.229 e. The minimum absolute atomic E-state index is 0.0249. The lowest BCUT2D eigenvalue weighted by Gasteiger charge is -2.13. The van der Waals surface area contributed by atoms with Crippen LogP contribution in [-0.4, -0.2) is 19.1 Å². The zero-order valence-electron chi connectivity index (χ0n) is 11.0. The van der Waals surface area contributed by atoms with Crippen molar-refractivity contribution in [2.24, 2.45) is 5.92 Å². The third kappa shape index (κ3) is 2.58. The average Bonchev–Trinajstić information content (AvgIpc) is 2.52. The fraction of sp³-hybridized carbons (Fsp3) is 0.500. The molecule has 0 bridgehead atoms. The number of ether oxygens (including phenoxy) is 1. The number of fused-ring (bicyclic) bond motifs is 1. The Kier molecular flexibility index (Phi) is 4.07. The van der Waals surface area contributed by atoms with Crippen molar-refractivity contribution in [3.63, 3.8) is 0 Å². The summed E-state index contributed by atoms with van der Waals surface area (Å²) in [5, 5.41) is 6.31. The Morgan fingerprint density at radius 2 is 2.22 bits per heavy atom. The summed E-state index contributed by atoms with van der Waals surface area (Å²) in [6, 6.07) is 5.78. The van der Waals surface area contributed by atoms with Crippen molar-refractivity contribution >= 4 is 17.3 Å². The summed E-state index contributed by atoms with van der Waals surface area (Å²) in [4.78, 5) is 12.1. The SMILES string of the molecule is CCCC1CNc2cccc(OCC)c2NC1=O. The number of nitrogens with one attached hydrogen (secondary N) is 2. The summed E-state index contributed by atoms with van der Waals surface area (Å²) >= 11 is 0. The van der Waals surface area contributed by atoms with E-state index in [2.05, 4.69) is 17.6 Å². The molecule has 0 saturated heterocycles. The number of anilines is 2. The van der Waals surface area contributed by atoms with E-state index in [0.29, 0.717) is 13.2 Å². The first kappa shape index (κ1) is 12.7. The predicted molar refractivity (Wildman–Crippen MR) is 73.1 cm³/mol. The van der Waals surface area contributed by atoms with E-state index in [1.807, 2.05) is 25.1 Å². The molecule has 4 nitrogen and oxygen atoms in total. The van der Waals surface area contributed by atoms with Crippen molar-refractivity contribution in [3.05, 3.63) is 18.2 Å². The lowest BCUT2D eigenvalue weighted by molar-refractivity contribution is -0.119. The normalized spacial score (nSPS) is 18.3. The van der Waals surface area contributed by atoms with Crippen LogP contribution < -0.4 is 15.4 Å². The average molecular weight is 248 g/mol. The molecule has 1 atom stereocenters. The molecule has 1 aliphatic rings. The molecule has 2 rings (SSSR count). The highest BCUT2D eigenvalue weighted by Crippen LogP contribution is 2.35. The molecule has 0 spiro atoms. The van der Waals surface area contributed by atoms with Gasteiger partial charge in [0, 0.05) is 6.54 Å². The third-order valence-corrected chi connectivity index (χ3v) is 3.12. The highest BCUT2D eigenvalue weighted by atomic mass is 16.5. The topological polar surface area (TPSA) is 50.4 Å². The Morgan fingerprint density at radius 1 is 1.39 bits per heavy atom. The Balaban J connectivity index is 2.26. The van der Waals surface area contributed by atoms with E-state index in [1.165, 1.54) is 0 Å². The van der Waals surface area contributed by atoms with E-state index in [-0.39, 0.29) is 11.8 Å². The highest BCUT2D eigenvalue weighted by Gasteiger charge is 2.24. The molecule has 0 radical (unpaired) electrons. The van der Waals surface area contributed by atoms with Gasteiger partial charge in [0.1, 0.15) is 11.4 Å². The molecule has 98 valence electrons. The van der Waals surface area contributed by atoms with Crippen LogP contribution in [0.5, 0.6) is 5.75 Å². The van der Waals surface area contributed by atoms with Gasteiger partial charge in [0.15, 0.2) is 0 Å². The van der Waals surface area contributed by atoms with Crippen molar-refractivity contribution < 1.29 is 9.53 Å². The fourth-order valence-electron chi connectivity index (χ4n) is 2.22. The van der Waals surface area contributed by atoms with Gasteiger partial charge in [0.25, 0.3) is 0 Å². The summed E-state index contributed by atoms with van der Waals surface area (Å²) in [6.07, 6.45) is 1.91. The van der Waals surface area contributed by atoms with E-state index in [4.69, 9.17) is 4.74 Å². The molecule has 1 aliphatic heterocycles. The maximum atomic E-state index is 12.1. The zero-order valence-corrected chi connectivity index (χ0v) is 11.0. The Hall–Kier alpha value is -1.71. The number of carbonyl (C=O) groups excluding carboxylic acids is 1. The molecule has 0 saturated carbocycles. The minimum Gasteiger partial charge on any atom is -0.492 e. The largest absolute Gasteiger partial charge is 0.492 e. The van der Waals surface area contributed by atoms with Crippen LogP contribution in [0.4, 0.5) is 11.4 Å². The number of amides is 1. The number of carbonyl (C=O) groups is 1. The van der Waals surface area contributed by atoms with Gasteiger partial charge >= 0.3 is 0 Å². The second kappa shape index (κ2) is 5.76. The maximum absolute atomic E-state index is 12.1. The molecular weight excluding hydrogens is 228 g/mol. The Labute approximate surface area is 108 Å². The number of benzene rings is 1. The van der Waals surface area contributed by atoms with Crippen LogP contribution in [0.1, 0.15) is 26.7 Å². The van der Waals surface area contributed by atoms with Gasteiger partial charge in [0.2, 0.25) is 5.91 Å². The summed E-state index contributed by atoms with van der Waals surface area (Å²) in [5.41, 5.74) is 1.70. The van der Waals surface area contributed by atoms with Crippen LogP contribution in [-0.2, 0) is 4.79 Å². The molecule has 1 amide bonds. The van der Waals surface area contributed by atoms with Crippen molar-refractivity contribution in [2.75, 3.05) is 23.8 Å². The molecule has 1 heterocycles. The van der Waals surface area contributed by atoms with Crippen LogP contribution in [0.25, 0.3) is 0 Å². The van der Waals surface area contributed by atoms with Crippen LogP contribution in [0.2, 0.25) is 0 Å². The molecule has 18 heavy (non-hydrogen) atoms. The van der Waals surface area contributed by atoms with Gasteiger partial charge in [0.05, 0.1) is 18.2 Å². The van der Waals surface area contributed by atoms with Crippen LogP contribution in [0.3, 0.4) is 0 Å². The minimum atomic E-state index is 0.0249. The first-order valence-electron chi connectivity index (χ1n) is 6.56. The third-order valence-electron chi connectivity index (χ3n) is 3.12. The van der Waals surface area contributed by atoms with E-state index < -0.39 is 0 Å². The predicted octanol–water partition coefficient (Wildman–Crippen LogP) is 2.87. The summed E-state index contributed by atoms with van der Waals surface area (Å²) in [6.45, 7) is 5.30. The number of hydrogen-bond acceptors (Lipinski definition) is 3. The van der Waals surface area contributed by atoms with Gasteiger partial charge in [-0.1, -0.05) is 19.4 Å². The second-order valence-electron chi connectivity index (χ2n) is 4.47. The van der Waals surface area contributed by atoms with E-state index in [9.17, 15) is 4.79 Å². The summed E-state index contributed by atoms with van der Waals surface area (Å²) < 4.78 is 5.55. The van der Waals surface area contributed by atoms with Crippen LogP contribution >= 0.6 is 0 Å². The van der Waals surface area contributed by atoms with Gasteiger partial charge in [-0.2, -0.15) is 0 Å². The lowest BCUT2D eigenvalue weighted by atomic mass is 10.0. The number of rotatable bonds is 4. The van der Waals surface area contributed by atoms with Crippen molar-refractivity contribution in [3.8, 4) is 5.75 Å². The molecular formula is C14H20N2O2. The molecule has 1 aromatic carbocycles. The first-order chi connectivity index (χ1) is 8.76. The first-order valence-corrected chi connectivity index (χ1v) is 6.56.